The van der Waals surface area contributed by atoms with Gasteiger partial charge in [-0.3, -0.25) is 9.48 Å². The maximum atomic E-state index is 13.5. The minimum atomic E-state index is -4.58. The van der Waals surface area contributed by atoms with Crippen LogP contribution in [0, 0.1) is 13.8 Å². The van der Waals surface area contributed by atoms with Crippen molar-refractivity contribution in [3.8, 4) is 0 Å². The maximum Gasteiger partial charge on any atom is 0.433 e. The van der Waals surface area contributed by atoms with Crippen molar-refractivity contribution in [1.82, 2.24) is 29.7 Å². The first kappa shape index (κ1) is 20.8. The summed E-state index contributed by atoms with van der Waals surface area (Å²) in [7, 11) is 0. The molecule has 0 bridgehead atoms. The number of hydrogen-bond donors (Lipinski definition) is 1. The number of hydrogen-bond acceptors (Lipinski definition) is 4. The van der Waals surface area contributed by atoms with Gasteiger partial charge in [0.25, 0.3) is 5.91 Å². The molecule has 3 aromatic heterocycles. The molecular weight excluding hydrogens is 465 g/mol. The van der Waals surface area contributed by atoms with E-state index < -0.39 is 17.8 Å². The van der Waals surface area contributed by atoms with Gasteiger partial charge in [0.1, 0.15) is 5.69 Å². The highest BCUT2D eigenvalue weighted by Gasteiger charge is 2.37. The second-order valence-electron chi connectivity index (χ2n) is 7.46. The summed E-state index contributed by atoms with van der Waals surface area (Å²) in [6.07, 6.45) is -2.31. The first-order chi connectivity index (χ1) is 14.1. The van der Waals surface area contributed by atoms with Crippen LogP contribution in [0.1, 0.15) is 58.4 Å². The molecule has 0 aromatic carbocycles. The fraction of sp³-hybridized carbons (Fsp3) is 0.474. The summed E-state index contributed by atoms with van der Waals surface area (Å²) >= 11 is 3.47. The van der Waals surface area contributed by atoms with Crippen LogP contribution in [-0.4, -0.2) is 36.8 Å². The highest BCUT2D eigenvalue weighted by atomic mass is 79.9. The third kappa shape index (κ3) is 4.07. The van der Waals surface area contributed by atoms with E-state index in [1.807, 2.05) is 18.5 Å². The summed E-state index contributed by atoms with van der Waals surface area (Å²) < 4.78 is 43.9. The summed E-state index contributed by atoms with van der Waals surface area (Å²) in [6, 6.07) is 2.33. The number of alkyl halides is 3. The summed E-state index contributed by atoms with van der Waals surface area (Å²) in [5.74, 6) is -0.478. The normalized spacial score (nSPS) is 14.5. The monoisotopic (exact) mass is 484 g/mol. The molecule has 0 aliphatic heterocycles. The predicted octanol–water partition coefficient (Wildman–Crippen LogP) is 4.02. The minimum Gasteiger partial charge on any atom is -0.351 e. The van der Waals surface area contributed by atoms with Gasteiger partial charge >= 0.3 is 6.18 Å². The molecule has 0 spiro atoms. The molecule has 1 aliphatic carbocycles. The Morgan fingerprint density at radius 1 is 1.27 bits per heavy atom. The molecular formula is C19H20BrF3N6O. The Morgan fingerprint density at radius 2 is 2.00 bits per heavy atom. The van der Waals surface area contributed by atoms with Gasteiger partial charge in [0.05, 0.1) is 10.2 Å². The third-order valence-corrected chi connectivity index (χ3v) is 6.24. The number of nitrogens with zero attached hydrogens (tertiary/aromatic N) is 5. The van der Waals surface area contributed by atoms with Crippen molar-refractivity contribution >= 4 is 27.5 Å². The fourth-order valence-corrected chi connectivity index (χ4v) is 3.59. The van der Waals surface area contributed by atoms with E-state index >= 15 is 0 Å². The third-order valence-electron chi connectivity index (χ3n) is 5.09. The van der Waals surface area contributed by atoms with Crippen LogP contribution in [0.2, 0.25) is 0 Å². The lowest BCUT2D eigenvalue weighted by molar-refractivity contribution is -0.142. The van der Waals surface area contributed by atoms with Crippen molar-refractivity contribution in [1.29, 1.82) is 0 Å². The zero-order chi connectivity index (χ0) is 21.6. The van der Waals surface area contributed by atoms with E-state index in [2.05, 4.69) is 36.4 Å². The second kappa shape index (κ2) is 7.68. The molecule has 0 saturated heterocycles. The van der Waals surface area contributed by atoms with Gasteiger partial charge in [-0.2, -0.15) is 23.4 Å². The lowest BCUT2D eigenvalue weighted by Crippen LogP contribution is -2.26. The van der Waals surface area contributed by atoms with Crippen LogP contribution < -0.4 is 5.32 Å². The molecule has 0 radical (unpaired) electrons. The minimum absolute atomic E-state index is 0.0318. The molecule has 160 valence electrons. The van der Waals surface area contributed by atoms with E-state index in [1.165, 1.54) is 6.07 Å². The predicted molar refractivity (Wildman–Crippen MR) is 106 cm³/mol. The Labute approximate surface area is 178 Å². The second-order valence-corrected chi connectivity index (χ2v) is 8.25. The van der Waals surface area contributed by atoms with Crippen LogP contribution in [-0.2, 0) is 12.7 Å². The van der Waals surface area contributed by atoms with Gasteiger partial charge < -0.3 is 5.32 Å². The molecule has 11 heteroatoms. The Morgan fingerprint density at radius 3 is 2.60 bits per heavy atom. The number of carbonyl (C=O) groups is 1. The van der Waals surface area contributed by atoms with Crippen LogP contribution >= 0.6 is 15.9 Å². The summed E-state index contributed by atoms with van der Waals surface area (Å²) in [4.78, 5) is 16.7. The van der Waals surface area contributed by atoms with Gasteiger partial charge in [-0.25, -0.2) is 9.50 Å². The van der Waals surface area contributed by atoms with Crippen LogP contribution in [0.4, 0.5) is 13.2 Å². The molecule has 4 rings (SSSR count). The number of rotatable bonds is 6. The van der Waals surface area contributed by atoms with Crippen molar-refractivity contribution in [2.24, 2.45) is 0 Å². The molecule has 1 N–H and O–H groups in total. The number of halogens is 4. The number of carbonyl (C=O) groups excluding carboxylic acids is 1. The Bertz CT molecular complexity index is 1120. The van der Waals surface area contributed by atoms with Crippen molar-refractivity contribution in [3.05, 3.63) is 45.1 Å². The van der Waals surface area contributed by atoms with Gasteiger partial charge in [0.2, 0.25) is 0 Å². The van der Waals surface area contributed by atoms with Crippen LogP contribution in [0.15, 0.2) is 16.6 Å². The average Bonchev–Trinajstić information content (AvgIpc) is 3.40. The SMILES string of the molecule is Cc1nn(CCCNC(=O)c2cc3nc(C4CC4)cc(C(F)(F)F)n3n2)c(C)c1Br. The summed E-state index contributed by atoms with van der Waals surface area (Å²) in [5, 5.41) is 11.0. The molecule has 0 atom stereocenters. The average molecular weight is 485 g/mol. The number of amides is 1. The number of fused-ring (bicyclic) bond motifs is 1. The highest BCUT2D eigenvalue weighted by Crippen LogP contribution is 2.41. The van der Waals surface area contributed by atoms with Crippen molar-refractivity contribution in [2.75, 3.05) is 6.54 Å². The van der Waals surface area contributed by atoms with Crippen LogP contribution in [0.3, 0.4) is 0 Å². The molecule has 1 amide bonds. The van der Waals surface area contributed by atoms with E-state index in [9.17, 15) is 18.0 Å². The Balaban J connectivity index is 1.46. The van der Waals surface area contributed by atoms with Gasteiger partial charge in [0.15, 0.2) is 11.3 Å². The lowest BCUT2D eigenvalue weighted by atomic mass is 10.2. The summed E-state index contributed by atoms with van der Waals surface area (Å²) in [6.45, 7) is 4.79. The summed E-state index contributed by atoms with van der Waals surface area (Å²) in [5.41, 5.74) is 1.32. The topological polar surface area (TPSA) is 77.1 Å². The first-order valence-electron chi connectivity index (χ1n) is 9.60. The molecule has 1 aliphatic rings. The first-order valence-corrected chi connectivity index (χ1v) is 10.4. The molecule has 1 saturated carbocycles. The highest BCUT2D eigenvalue weighted by molar-refractivity contribution is 9.10. The molecule has 0 unspecified atom stereocenters. The molecule has 7 nitrogen and oxygen atoms in total. The van der Waals surface area contributed by atoms with E-state index in [0.717, 1.165) is 34.8 Å². The van der Waals surface area contributed by atoms with Crippen molar-refractivity contribution < 1.29 is 18.0 Å². The van der Waals surface area contributed by atoms with E-state index in [4.69, 9.17) is 0 Å². The number of aromatic nitrogens is 5. The fourth-order valence-electron chi connectivity index (χ4n) is 3.31. The molecule has 1 fully saturated rings. The largest absolute Gasteiger partial charge is 0.433 e. The van der Waals surface area contributed by atoms with Gasteiger partial charge in [-0.1, -0.05) is 0 Å². The van der Waals surface area contributed by atoms with Gasteiger partial charge in [-0.05, 0) is 55.1 Å². The smallest absolute Gasteiger partial charge is 0.351 e. The van der Waals surface area contributed by atoms with Crippen LogP contribution in [0.25, 0.3) is 5.65 Å². The lowest BCUT2D eigenvalue weighted by Gasteiger charge is -2.10. The molecule has 30 heavy (non-hydrogen) atoms. The number of aryl methyl sites for hydroxylation is 2. The van der Waals surface area contributed by atoms with Gasteiger partial charge in [-0.15, -0.1) is 0 Å². The maximum absolute atomic E-state index is 13.5. The quantitative estimate of drug-likeness (QED) is 0.536. The van der Waals surface area contributed by atoms with E-state index in [1.54, 1.807) is 0 Å². The molecule has 3 aromatic rings. The van der Waals surface area contributed by atoms with Crippen molar-refractivity contribution in [3.63, 3.8) is 0 Å². The Hall–Kier alpha value is -2.43. The van der Waals surface area contributed by atoms with E-state index in [-0.39, 0.29) is 17.3 Å². The van der Waals surface area contributed by atoms with Crippen molar-refractivity contribution in [2.45, 2.75) is 51.7 Å². The Kier molecular flexibility index (Phi) is 5.33. The van der Waals surface area contributed by atoms with Gasteiger partial charge in [0, 0.05) is 36.5 Å². The standard InChI is InChI=1S/C19H20BrF3N6O/c1-10-17(20)11(2)28(26-10)7-3-6-24-18(30)14-9-16-25-13(12-4-5-12)8-15(19(21,22)23)29(16)27-14/h8-9,12H,3-7H2,1-2H3,(H,24,30). The molecule has 3 heterocycles. The zero-order valence-corrected chi connectivity index (χ0v) is 18.0. The number of nitrogens with one attached hydrogen (secondary N) is 1. The zero-order valence-electron chi connectivity index (χ0n) is 16.4. The van der Waals surface area contributed by atoms with E-state index in [0.29, 0.717) is 29.7 Å². The van der Waals surface area contributed by atoms with Crippen LogP contribution in [0.5, 0.6) is 0 Å².